The maximum absolute atomic E-state index is 12.9. The van der Waals surface area contributed by atoms with E-state index in [4.69, 9.17) is 14.2 Å². The summed E-state index contributed by atoms with van der Waals surface area (Å²) in [6, 6.07) is 3.75. The van der Waals surface area contributed by atoms with Crippen LogP contribution in [0.1, 0.15) is 43.7 Å². The van der Waals surface area contributed by atoms with E-state index in [9.17, 15) is 4.79 Å². The standard InChI is InChI=1S/C26H33N5O4/c1-30-15-18(7-8-24(30)35-19-5-4-6-19)29-26(32)31-11-9-17(10-12-31)25-20-13-22(33-2)23(34-3)14-21(20)27-16-28-25/h7-8,13-17,19,24H,4-6,9-12H2,1-3H3,(H,29,32). The van der Waals surface area contributed by atoms with Gasteiger partial charge in [0.2, 0.25) is 0 Å². The smallest absolute Gasteiger partial charge is 0.321 e. The molecule has 35 heavy (non-hydrogen) atoms. The fourth-order valence-corrected chi connectivity index (χ4v) is 4.86. The Balaban J connectivity index is 1.20. The zero-order valence-corrected chi connectivity index (χ0v) is 20.6. The predicted octanol–water partition coefficient (Wildman–Crippen LogP) is 3.77. The van der Waals surface area contributed by atoms with Crippen LogP contribution in [0.2, 0.25) is 0 Å². The molecule has 1 unspecified atom stereocenters. The van der Waals surface area contributed by atoms with Gasteiger partial charge in [-0.25, -0.2) is 14.8 Å². The molecule has 2 aliphatic heterocycles. The van der Waals surface area contributed by atoms with E-state index in [-0.39, 0.29) is 18.2 Å². The summed E-state index contributed by atoms with van der Waals surface area (Å²) in [5, 5.41) is 4.01. The number of piperidine rings is 1. The summed E-state index contributed by atoms with van der Waals surface area (Å²) in [5.41, 5.74) is 2.59. The average molecular weight is 480 g/mol. The van der Waals surface area contributed by atoms with Crippen molar-refractivity contribution in [2.45, 2.75) is 50.4 Å². The molecule has 5 rings (SSSR count). The molecule has 2 fully saturated rings. The summed E-state index contributed by atoms with van der Waals surface area (Å²) in [6.07, 6.45) is 12.9. The molecule has 1 aliphatic carbocycles. The lowest BCUT2D eigenvalue weighted by Crippen LogP contribution is -2.45. The topological polar surface area (TPSA) is 89.1 Å². The molecule has 1 aromatic heterocycles. The Morgan fingerprint density at radius 1 is 1.06 bits per heavy atom. The number of likely N-dealkylation sites (tertiary alicyclic amines) is 1. The number of carbonyl (C=O) groups is 1. The third kappa shape index (κ3) is 4.91. The Labute approximate surface area is 205 Å². The van der Waals surface area contributed by atoms with Crippen LogP contribution in [0, 0.1) is 0 Å². The number of urea groups is 1. The number of hydrogen-bond acceptors (Lipinski definition) is 7. The minimum absolute atomic E-state index is 0.0713. The second-order valence-corrected chi connectivity index (χ2v) is 9.36. The number of benzene rings is 1. The first-order valence-electron chi connectivity index (χ1n) is 12.3. The second kappa shape index (κ2) is 10.1. The van der Waals surface area contributed by atoms with Gasteiger partial charge in [-0.1, -0.05) is 0 Å². The molecule has 0 bridgehead atoms. The van der Waals surface area contributed by atoms with Gasteiger partial charge in [0.1, 0.15) is 12.6 Å². The summed E-state index contributed by atoms with van der Waals surface area (Å²) in [6.45, 7) is 1.32. The van der Waals surface area contributed by atoms with Gasteiger partial charge in [0.05, 0.1) is 37.2 Å². The van der Waals surface area contributed by atoms with Crippen LogP contribution in [-0.2, 0) is 4.74 Å². The number of ether oxygens (including phenoxy) is 3. The Kier molecular flexibility index (Phi) is 6.77. The quantitative estimate of drug-likeness (QED) is 0.675. The van der Waals surface area contributed by atoms with Crippen LogP contribution in [0.15, 0.2) is 42.5 Å². The molecule has 3 aliphatic rings. The maximum atomic E-state index is 12.9. The molecule has 3 heterocycles. The number of fused-ring (bicyclic) bond motifs is 1. The van der Waals surface area contributed by atoms with E-state index in [0.29, 0.717) is 30.7 Å². The molecule has 1 atom stereocenters. The van der Waals surface area contributed by atoms with Crippen molar-refractivity contribution < 1.29 is 19.0 Å². The number of hydrogen-bond donors (Lipinski definition) is 1. The maximum Gasteiger partial charge on any atom is 0.321 e. The SMILES string of the molecule is COc1cc2ncnc(C3CCN(C(=O)NC4=CN(C)C(OC5CCC5)C=C4)CC3)c2cc1OC. The van der Waals surface area contributed by atoms with E-state index in [0.717, 1.165) is 48.0 Å². The van der Waals surface area contributed by atoms with Gasteiger partial charge in [-0.2, -0.15) is 0 Å². The highest BCUT2D eigenvalue weighted by atomic mass is 16.5. The van der Waals surface area contributed by atoms with Crippen molar-refractivity contribution >= 4 is 16.9 Å². The average Bonchev–Trinajstić information content (AvgIpc) is 2.86. The molecule has 9 nitrogen and oxygen atoms in total. The molecular formula is C26H33N5O4. The minimum atomic E-state index is -0.0786. The van der Waals surface area contributed by atoms with Crippen molar-refractivity contribution in [1.82, 2.24) is 25.1 Å². The van der Waals surface area contributed by atoms with Crippen molar-refractivity contribution in [3.63, 3.8) is 0 Å². The van der Waals surface area contributed by atoms with Crippen molar-refractivity contribution in [2.75, 3.05) is 34.4 Å². The third-order valence-electron chi connectivity index (χ3n) is 7.16. The summed E-state index contributed by atoms with van der Waals surface area (Å²) < 4.78 is 17.0. The molecule has 1 N–H and O–H groups in total. The van der Waals surface area contributed by atoms with Crippen molar-refractivity contribution in [3.8, 4) is 11.5 Å². The summed E-state index contributed by atoms with van der Waals surface area (Å²) in [7, 11) is 5.22. The van der Waals surface area contributed by atoms with Gasteiger partial charge in [0, 0.05) is 43.7 Å². The minimum Gasteiger partial charge on any atom is -0.493 e. The summed E-state index contributed by atoms with van der Waals surface area (Å²) in [5.74, 6) is 1.55. The van der Waals surface area contributed by atoms with Gasteiger partial charge < -0.3 is 29.3 Å². The lowest BCUT2D eigenvalue weighted by molar-refractivity contribution is -0.0789. The number of nitrogens with one attached hydrogen (secondary N) is 1. The van der Waals surface area contributed by atoms with E-state index in [2.05, 4.69) is 15.3 Å². The first kappa shape index (κ1) is 23.4. The Morgan fingerprint density at radius 3 is 2.46 bits per heavy atom. The first-order valence-corrected chi connectivity index (χ1v) is 12.3. The van der Waals surface area contributed by atoms with Crippen LogP contribution in [0.5, 0.6) is 11.5 Å². The number of amides is 2. The van der Waals surface area contributed by atoms with Crippen molar-refractivity contribution in [1.29, 1.82) is 0 Å². The van der Waals surface area contributed by atoms with Crippen molar-refractivity contribution in [3.05, 3.63) is 48.2 Å². The number of aromatic nitrogens is 2. The molecule has 1 saturated heterocycles. The number of nitrogens with zero attached hydrogens (tertiary/aromatic N) is 4. The first-order chi connectivity index (χ1) is 17.1. The van der Waals surface area contributed by atoms with E-state index in [1.807, 2.05) is 47.3 Å². The number of rotatable bonds is 6. The lowest BCUT2D eigenvalue weighted by atomic mass is 9.91. The van der Waals surface area contributed by atoms with Crippen molar-refractivity contribution in [2.24, 2.45) is 0 Å². The number of carbonyl (C=O) groups excluding carboxylic acids is 1. The molecule has 2 aromatic rings. The van der Waals surface area contributed by atoms with Crippen LogP contribution < -0.4 is 14.8 Å². The van der Waals surface area contributed by atoms with Crippen LogP contribution in [-0.4, -0.2) is 72.5 Å². The molecule has 9 heteroatoms. The van der Waals surface area contributed by atoms with Crippen LogP contribution in [0.4, 0.5) is 4.79 Å². The van der Waals surface area contributed by atoms with E-state index in [1.54, 1.807) is 20.5 Å². The lowest BCUT2D eigenvalue weighted by Gasteiger charge is -2.35. The molecule has 0 radical (unpaired) electrons. The fraction of sp³-hybridized carbons (Fsp3) is 0.500. The normalized spacial score (nSPS) is 21.0. The zero-order chi connectivity index (χ0) is 24.4. The largest absolute Gasteiger partial charge is 0.493 e. The van der Waals surface area contributed by atoms with Gasteiger partial charge in [0.25, 0.3) is 0 Å². The summed E-state index contributed by atoms with van der Waals surface area (Å²) in [4.78, 5) is 25.8. The van der Waals surface area contributed by atoms with Gasteiger partial charge in [0.15, 0.2) is 11.5 Å². The van der Waals surface area contributed by atoms with Crippen LogP contribution in [0.25, 0.3) is 10.9 Å². The predicted molar refractivity (Wildman–Crippen MR) is 132 cm³/mol. The van der Waals surface area contributed by atoms with Crippen LogP contribution >= 0.6 is 0 Å². The second-order valence-electron chi connectivity index (χ2n) is 9.36. The number of likely N-dealkylation sites (N-methyl/N-ethyl adjacent to an activating group) is 1. The van der Waals surface area contributed by atoms with E-state index < -0.39 is 0 Å². The Morgan fingerprint density at radius 2 is 1.80 bits per heavy atom. The van der Waals surface area contributed by atoms with E-state index >= 15 is 0 Å². The number of allylic oxidation sites excluding steroid dienone is 1. The third-order valence-corrected chi connectivity index (χ3v) is 7.16. The molecule has 1 aromatic carbocycles. The summed E-state index contributed by atoms with van der Waals surface area (Å²) >= 11 is 0. The number of methoxy groups -OCH3 is 2. The highest BCUT2D eigenvalue weighted by Crippen LogP contribution is 2.36. The molecule has 2 amide bonds. The fourth-order valence-electron chi connectivity index (χ4n) is 4.86. The zero-order valence-electron chi connectivity index (χ0n) is 20.6. The van der Waals surface area contributed by atoms with Crippen LogP contribution in [0.3, 0.4) is 0 Å². The Bertz CT molecular complexity index is 1140. The van der Waals surface area contributed by atoms with Gasteiger partial charge in [-0.05, 0) is 50.3 Å². The highest BCUT2D eigenvalue weighted by molar-refractivity contribution is 5.85. The van der Waals surface area contributed by atoms with Gasteiger partial charge >= 0.3 is 6.03 Å². The van der Waals surface area contributed by atoms with Gasteiger partial charge in [-0.15, -0.1) is 0 Å². The van der Waals surface area contributed by atoms with E-state index in [1.165, 1.54) is 6.42 Å². The monoisotopic (exact) mass is 479 g/mol. The van der Waals surface area contributed by atoms with Gasteiger partial charge in [-0.3, -0.25) is 0 Å². The molecular weight excluding hydrogens is 446 g/mol. The Hall–Kier alpha value is -3.33. The molecule has 186 valence electrons. The highest BCUT2D eigenvalue weighted by Gasteiger charge is 2.28. The molecule has 1 saturated carbocycles. The molecule has 0 spiro atoms.